The van der Waals surface area contributed by atoms with Gasteiger partial charge in [-0.3, -0.25) is 4.90 Å². The van der Waals surface area contributed by atoms with E-state index in [1.807, 2.05) is 0 Å². The zero-order valence-electron chi connectivity index (χ0n) is 15.3. The second-order valence-electron chi connectivity index (χ2n) is 9.26. The summed E-state index contributed by atoms with van der Waals surface area (Å²) in [5.74, 6) is 2.64. The van der Waals surface area contributed by atoms with Crippen LogP contribution < -0.4 is 5.32 Å². The van der Waals surface area contributed by atoms with E-state index in [-0.39, 0.29) is 0 Å². The Morgan fingerprint density at radius 3 is 2.19 bits per heavy atom. The average molecular weight is 295 g/mol. The number of nitrogens with one attached hydrogen (secondary N) is 1. The smallest absolute Gasteiger partial charge is 0.0198 e. The first kappa shape index (κ1) is 17.3. The normalized spacial score (nSPS) is 30.4. The maximum Gasteiger partial charge on any atom is 0.0198 e. The Hall–Kier alpha value is -0.0800. The first-order valence-corrected chi connectivity index (χ1v) is 9.23. The van der Waals surface area contributed by atoms with E-state index in [0.717, 1.165) is 30.3 Å². The monoisotopic (exact) mass is 294 g/mol. The molecule has 0 amide bonds. The molecule has 1 saturated carbocycles. The van der Waals surface area contributed by atoms with Gasteiger partial charge in [0.1, 0.15) is 0 Å². The first-order chi connectivity index (χ1) is 9.76. The predicted octanol–water partition coefficient (Wildman–Crippen LogP) is 4.16. The average Bonchev–Trinajstić information content (AvgIpc) is 2.33. The van der Waals surface area contributed by atoms with Gasteiger partial charge in [-0.2, -0.15) is 0 Å². The van der Waals surface area contributed by atoms with Gasteiger partial charge in [0.2, 0.25) is 0 Å². The van der Waals surface area contributed by atoms with E-state index in [9.17, 15) is 0 Å². The van der Waals surface area contributed by atoms with Crippen LogP contribution in [0.3, 0.4) is 0 Å². The summed E-state index contributed by atoms with van der Waals surface area (Å²) in [6, 6.07) is 1.48. The molecule has 1 N–H and O–H groups in total. The molecule has 3 unspecified atom stereocenters. The summed E-state index contributed by atoms with van der Waals surface area (Å²) in [6.45, 7) is 18.0. The molecule has 0 bridgehead atoms. The Labute approximate surface area is 133 Å². The molecule has 3 atom stereocenters. The minimum absolute atomic E-state index is 0.384. The van der Waals surface area contributed by atoms with Crippen LogP contribution in [-0.2, 0) is 0 Å². The summed E-state index contributed by atoms with van der Waals surface area (Å²) in [6.07, 6.45) is 5.75. The molecule has 0 aromatic carbocycles. The van der Waals surface area contributed by atoms with Crippen LogP contribution in [0.25, 0.3) is 0 Å². The van der Waals surface area contributed by atoms with Crippen molar-refractivity contribution in [3.8, 4) is 0 Å². The number of rotatable bonds is 5. The maximum atomic E-state index is 3.86. The molecule has 0 aromatic heterocycles. The van der Waals surface area contributed by atoms with E-state index >= 15 is 0 Å². The molecule has 2 nitrogen and oxygen atoms in total. The van der Waals surface area contributed by atoms with Gasteiger partial charge >= 0.3 is 0 Å². The lowest BCUT2D eigenvalue weighted by Crippen LogP contribution is -2.55. The second-order valence-corrected chi connectivity index (χ2v) is 9.26. The third-order valence-corrected chi connectivity index (χ3v) is 5.78. The van der Waals surface area contributed by atoms with Gasteiger partial charge in [0.25, 0.3) is 0 Å². The summed E-state index contributed by atoms with van der Waals surface area (Å²) in [4.78, 5) is 2.80. The molecule has 21 heavy (non-hydrogen) atoms. The van der Waals surface area contributed by atoms with Gasteiger partial charge in [0, 0.05) is 31.7 Å². The van der Waals surface area contributed by atoms with E-state index in [4.69, 9.17) is 0 Å². The molecule has 0 spiro atoms. The summed E-state index contributed by atoms with van der Waals surface area (Å²) in [5.41, 5.74) is 0.384. The van der Waals surface area contributed by atoms with Gasteiger partial charge in [0.15, 0.2) is 0 Å². The highest BCUT2D eigenvalue weighted by Gasteiger charge is 2.35. The van der Waals surface area contributed by atoms with Crippen molar-refractivity contribution < 1.29 is 0 Å². The van der Waals surface area contributed by atoms with Crippen LogP contribution in [0.5, 0.6) is 0 Å². The van der Waals surface area contributed by atoms with E-state index < -0.39 is 0 Å². The van der Waals surface area contributed by atoms with Gasteiger partial charge < -0.3 is 5.32 Å². The van der Waals surface area contributed by atoms with Crippen molar-refractivity contribution in [2.45, 2.75) is 79.3 Å². The van der Waals surface area contributed by atoms with Gasteiger partial charge in [-0.05, 0) is 49.4 Å². The van der Waals surface area contributed by atoms with Gasteiger partial charge in [-0.1, -0.05) is 41.0 Å². The van der Waals surface area contributed by atoms with Gasteiger partial charge in [-0.25, -0.2) is 0 Å². The van der Waals surface area contributed by atoms with E-state index in [2.05, 4.69) is 51.8 Å². The summed E-state index contributed by atoms with van der Waals surface area (Å²) >= 11 is 0. The molecule has 124 valence electrons. The molecule has 0 radical (unpaired) electrons. The Morgan fingerprint density at radius 1 is 1.05 bits per heavy atom. The van der Waals surface area contributed by atoms with Gasteiger partial charge in [-0.15, -0.1) is 0 Å². The third-order valence-electron chi connectivity index (χ3n) is 5.78. The fourth-order valence-corrected chi connectivity index (χ4v) is 3.81. The van der Waals surface area contributed by atoms with Crippen LogP contribution in [-0.4, -0.2) is 36.6 Å². The Morgan fingerprint density at radius 2 is 1.71 bits per heavy atom. The topological polar surface area (TPSA) is 15.3 Å². The number of hydrogen-bond donors (Lipinski definition) is 1. The highest BCUT2D eigenvalue weighted by atomic mass is 15.2. The fraction of sp³-hybridized carbons (Fsp3) is 1.00. The second kappa shape index (κ2) is 7.00. The van der Waals surface area contributed by atoms with Crippen molar-refractivity contribution in [2.24, 2.45) is 23.2 Å². The van der Waals surface area contributed by atoms with Crippen LogP contribution in [0.15, 0.2) is 0 Å². The molecular formula is C19H38N2. The Balaban J connectivity index is 1.94. The number of piperidine rings is 1. The molecule has 2 fully saturated rings. The third kappa shape index (κ3) is 4.96. The van der Waals surface area contributed by atoms with Crippen molar-refractivity contribution in [2.75, 3.05) is 19.6 Å². The number of hydrogen-bond acceptors (Lipinski definition) is 2. The Bertz CT molecular complexity index is 314. The summed E-state index contributed by atoms with van der Waals surface area (Å²) in [7, 11) is 0. The van der Waals surface area contributed by atoms with Crippen LogP contribution >= 0.6 is 0 Å². The molecule has 1 saturated heterocycles. The molecule has 1 aliphatic carbocycles. The molecule has 0 aromatic rings. The largest absolute Gasteiger partial charge is 0.312 e. The van der Waals surface area contributed by atoms with Crippen LogP contribution in [0, 0.1) is 23.2 Å². The van der Waals surface area contributed by atoms with E-state index in [1.54, 1.807) is 0 Å². The lowest BCUT2D eigenvalue weighted by Gasteiger charge is -2.47. The Kier molecular flexibility index (Phi) is 5.76. The summed E-state index contributed by atoms with van der Waals surface area (Å²) < 4.78 is 0. The van der Waals surface area contributed by atoms with E-state index in [0.29, 0.717) is 11.5 Å². The minimum atomic E-state index is 0.384. The van der Waals surface area contributed by atoms with Crippen molar-refractivity contribution >= 4 is 0 Å². The molecule has 1 heterocycles. The van der Waals surface area contributed by atoms with Crippen molar-refractivity contribution in [1.29, 1.82) is 0 Å². The van der Waals surface area contributed by atoms with Crippen LogP contribution in [0.2, 0.25) is 0 Å². The first-order valence-electron chi connectivity index (χ1n) is 9.23. The molecular weight excluding hydrogens is 256 g/mol. The van der Waals surface area contributed by atoms with Crippen molar-refractivity contribution in [1.82, 2.24) is 10.2 Å². The van der Waals surface area contributed by atoms with Crippen molar-refractivity contribution in [3.05, 3.63) is 0 Å². The fourth-order valence-electron chi connectivity index (χ4n) is 3.81. The standard InChI is InChI=1S/C19H38N2/c1-14(2)17-10-18(20-13-19(4,5)6)12-21(11-17)15(3)16-8-7-9-16/h14-18,20H,7-13H2,1-6H3. The maximum absolute atomic E-state index is 3.86. The SMILES string of the molecule is CC(C)C1CC(NCC(C)(C)C)CN(C(C)C2CCC2)C1. The van der Waals surface area contributed by atoms with E-state index in [1.165, 1.54) is 38.8 Å². The highest BCUT2D eigenvalue weighted by molar-refractivity contribution is 4.91. The lowest BCUT2D eigenvalue weighted by molar-refractivity contribution is 0.0382. The minimum Gasteiger partial charge on any atom is -0.312 e. The zero-order chi connectivity index (χ0) is 15.6. The molecule has 2 heteroatoms. The predicted molar refractivity (Wildman–Crippen MR) is 92.6 cm³/mol. The summed E-state index contributed by atoms with van der Waals surface area (Å²) in [5, 5.41) is 3.86. The van der Waals surface area contributed by atoms with Gasteiger partial charge in [0.05, 0.1) is 0 Å². The number of nitrogens with zero attached hydrogens (tertiary/aromatic N) is 1. The zero-order valence-corrected chi connectivity index (χ0v) is 15.3. The van der Waals surface area contributed by atoms with Crippen LogP contribution in [0.1, 0.15) is 67.2 Å². The lowest BCUT2D eigenvalue weighted by atomic mass is 9.77. The quantitative estimate of drug-likeness (QED) is 0.819. The molecule has 2 rings (SSSR count). The highest BCUT2D eigenvalue weighted by Crippen LogP contribution is 2.35. The van der Waals surface area contributed by atoms with Crippen molar-refractivity contribution in [3.63, 3.8) is 0 Å². The number of likely N-dealkylation sites (tertiary alicyclic amines) is 1. The molecule has 2 aliphatic rings. The molecule has 1 aliphatic heterocycles. The van der Waals surface area contributed by atoms with Crippen LogP contribution in [0.4, 0.5) is 0 Å².